The highest BCUT2D eigenvalue weighted by molar-refractivity contribution is 7.98. The lowest BCUT2D eigenvalue weighted by atomic mass is 10.1. The largest absolute Gasteiger partial charge is 0.338 e. The topological polar surface area (TPSA) is 64.9 Å². The maximum atomic E-state index is 5.97. The fourth-order valence-corrected chi connectivity index (χ4v) is 2.27. The highest BCUT2D eigenvalue weighted by Crippen LogP contribution is 2.23. The second-order valence-corrected chi connectivity index (χ2v) is 5.97. The molecule has 2 N–H and O–H groups in total. The normalized spacial score (nSPS) is 12.9. The van der Waals surface area contributed by atoms with Crippen LogP contribution in [0.1, 0.15) is 37.2 Å². The first-order valence-electron chi connectivity index (χ1n) is 6.34. The molecule has 1 aromatic heterocycles. The van der Waals surface area contributed by atoms with E-state index in [0.29, 0.717) is 17.5 Å². The van der Waals surface area contributed by atoms with Gasteiger partial charge < -0.3 is 10.3 Å². The van der Waals surface area contributed by atoms with E-state index < -0.39 is 0 Å². The van der Waals surface area contributed by atoms with Crippen LogP contribution in [0.3, 0.4) is 0 Å². The lowest BCUT2D eigenvalue weighted by molar-refractivity contribution is 0.323. The number of aryl methyl sites for hydroxylation is 1. The minimum Gasteiger partial charge on any atom is -0.338 e. The van der Waals surface area contributed by atoms with E-state index in [-0.39, 0.29) is 12.0 Å². The number of hydrogen-bond acceptors (Lipinski definition) is 5. The Labute approximate surface area is 117 Å². The molecule has 0 aliphatic carbocycles. The first kappa shape index (κ1) is 14.1. The first-order chi connectivity index (χ1) is 9.06. The van der Waals surface area contributed by atoms with E-state index in [0.717, 1.165) is 0 Å². The van der Waals surface area contributed by atoms with Crippen molar-refractivity contribution in [1.82, 2.24) is 10.1 Å². The van der Waals surface area contributed by atoms with Crippen LogP contribution in [0.25, 0.3) is 0 Å². The van der Waals surface area contributed by atoms with Gasteiger partial charge in [-0.3, -0.25) is 0 Å². The van der Waals surface area contributed by atoms with Crippen LogP contribution in [0.2, 0.25) is 0 Å². The summed E-state index contributed by atoms with van der Waals surface area (Å²) in [5.41, 5.74) is 7.23. The third-order valence-electron chi connectivity index (χ3n) is 2.88. The van der Waals surface area contributed by atoms with E-state index in [9.17, 15) is 0 Å². The molecule has 0 aliphatic heterocycles. The average Bonchev–Trinajstić information content (AvgIpc) is 2.86. The van der Waals surface area contributed by atoms with E-state index >= 15 is 0 Å². The number of hydrogen-bond donors (Lipinski definition) is 1. The molecule has 0 fully saturated rings. The minimum atomic E-state index is -0.189. The van der Waals surface area contributed by atoms with Crippen LogP contribution in [0, 0.1) is 12.8 Å². The number of rotatable bonds is 5. The van der Waals surface area contributed by atoms with Gasteiger partial charge in [0.05, 0.1) is 11.8 Å². The highest BCUT2D eigenvalue weighted by Gasteiger charge is 2.17. The predicted molar refractivity (Wildman–Crippen MR) is 76.8 cm³/mol. The summed E-state index contributed by atoms with van der Waals surface area (Å²) in [6.07, 6.45) is 0. The van der Waals surface area contributed by atoms with Crippen LogP contribution < -0.4 is 5.73 Å². The Kier molecular flexibility index (Phi) is 4.61. The minimum absolute atomic E-state index is 0.189. The molecule has 1 atom stereocenters. The van der Waals surface area contributed by atoms with Crippen LogP contribution in [0.15, 0.2) is 33.7 Å². The number of benzene rings is 1. The second kappa shape index (κ2) is 6.21. The fraction of sp³-hybridized carbons (Fsp3) is 0.429. The Morgan fingerprint density at radius 2 is 1.95 bits per heavy atom. The monoisotopic (exact) mass is 277 g/mol. The molecule has 2 aromatic rings. The quantitative estimate of drug-likeness (QED) is 0.849. The first-order valence-corrected chi connectivity index (χ1v) is 7.32. The van der Waals surface area contributed by atoms with Gasteiger partial charge in [0, 0.05) is 4.90 Å². The number of aromatic nitrogens is 2. The molecule has 0 radical (unpaired) electrons. The summed E-state index contributed by atoms with van der Waals surface area (Å²) in [5, 5.41) is 3.97. The zero-order valence-electron chi connectivity index (χ0n) is 11.5. The number of nitrogens with two attached hydrogens (primary N) is 1. The van der Waals surface area contributed by atoms with E-state index in [1.165, 1.54) is 10.5 Å². The van der Waals surface area contributed by atoms with Crippen molar-refractivity contribution >= 4 is 11.8 Å². The van der Waals surface area contributed by atoms with Crippen molar-refractivity contribution in [1.29, 1.82) is 0 Å². The Bertz CT molecular complexity index is 522. The molecule has 19 heavy (non-hydrogen) atoms. The SMILES string of the molecule is Cc1ccc(SCc2noc(C(N)C(C)C)n2)cc1. The van der Waals surface area contributed by atoms with Gasteiger partial charge in [0.2, 0.25) is 5.89 Å². The second-order valence-electron chi connectivity index (χ2n) is 4.92. The summed E-state index contributed by atoms with van der Waals surface area (Å²) in [6, 6.07) is 8.20. The van der Waals surface area contributed by atoms with Gasteiger partial charge in [0.15, 0.2) is 5.82 Å². The molecule has 4 nitrogen and oxygen atoms in total. The van der Waals surface area contributed by atoms with Crippen LogP contribution >= 0.6 is 11.8 Å². The summed E-state index contributed by atoms with van der Waals surface area (Å²) in [4.78, 5) is 5.54. The van der Waals surface area contributed by atoms with Gasteiger partial charge in [0.1, 0.15) is 0 Å². The molecule has 0 saturated carbocycles. The molecule has 5 heteroatoms. The van der Waals surface area contributed by atoms with E-state index in [1.54, 1.807) is 11.8 Å². The Hall–Kier alpha value is -1.33. The van der Waals surface area contributed by atoms with Crippen LogP contribution in [0.5, 0.6) is 0 Å². The van der Waals surface area contributed by atoms with Crippen LogP contribution in [-0.2, 0) is 5.75 Å². The van der Waals surface area contributed by atoms with Crippen LogP contribution in [-0.4, -0.2) is 10.1 Å². The molecule has 1 unspecified atom stereocenters. The van der Waals surface area contributed by atoms with Gasteiger partial charge in [-0.1, -0.05) is 36.7 Å². The number of thioether (sulfide) groups is 1. The highest BCUT2D eigenvalue weighted by atomic mass is 32.2. The Morgan fingerprint density at radius 3 is 2.58 bits per heavy atom. The molecule has 0 bridgehead atoms. The van der Waals surface area contributed by atoms with E-state index in [4.69, 9.17) is 10.3 Å². The van der Waals surface area contributed by atoms with Gasteiger partial charge in [-0.05, 0) is 25.0 Å². The molecule has 102 valence electrons. The fourth-order valence-electron chi connectivity index (χ4n) is 1.53. The standard InChI is InChI=1S/C14H19N3OS/c1-9(2)13(15)14-16-12(17-18-14)8-19-11-6-4-10(3)5-7-11/h4-7,9,13H,8,15H2,1-3H3. The molecular formula is C14H19N3OS. The van der Waals surface area contributed by atoms with Crippen molar-refractivity contribution in [2.24, 2.45) is 11.7 Å². The van der Waals surface area contributed by atoms with Crippen molar-refractivity contribution in [2.45, 2.75) is 37.5 Å². The molecule has 1 aromatic carbocycles. The van der Waals surface area contributed by atoms with Gasteiger partial charge in [-0.15, -0.1) is 11.8 Å². The molecule has 1 heterocycles. The van der Waals surface area contributed by atoms with Gasteiger partial charge in [0.25, 0.3) is 0 Å². The van der Waals surface area contributed by atoms with Crippen molar-refractivity contribution in [3.63, 3.8) is 0 Å². The summed E-state index contributed by atoms with van der Waals surface area (Å²) in [6.45, 7) is 6.15. The Morgan fingerprint density at radius 1 is 1.26 bits per heavy atom. The molecule has 0 aliphatic rings. The van der Waals surface area contributed by atoms with Crippen molar-refractivity contribution in [3.8, 4) is 0 Å². The van der Waals surface area contributed by atoms with Crippen molar-refractivity contribution in [3.05, 3.63) is 41.5 Å². The molecular weight excluding hydrogens is 258 g/mol. The number of nitrogens with zero attached hydrogens (tertiary/aromatic N) is 2. The van der Waals surface area contributed by atoms with Crippen molar-refractivity contribution in [2.75, 3.05) is 0 Å². The molecule has 2 rings (SSSR count). The van der Waals surface area contributed by atoms with E-state index in [1.807, 2.05) is 13.8 Å². The van der Waals surface area contributed by atoms with Gasteiger partial charge >= 0.3 is 0 Å². The lowest BCUT2D eigenvalue weighted by Crippen LogP contribution is -2.17. The Balaban J connectivity index is 1.95. The zero-order valence-corrected chi connectivity index (χ0v) is 12.3. The van der Waals surface area contributed by atoms with E-state index in [2.05, 4.69) is 41.3 Å². The van der Waals surface area contributed by atoms with Crippen LogP contribution in [0.4, 0.5) is 0 Å². The summed E-state index contributed by atoms with van der Waals surface area (Å²) >= 11 is 1.69. The van der Waals surface area contributed by atoms with Crippen molar-refractivity contribution < 1.29 is 4.52 Å². The molecule has 0 spiro atoms. The summed E-state index contributed by atoms with van der Waals surface area (Å²) in [7, 11) is 0. The zero-order chi connectivity index (χ0) is 13.8. The third kappa shape index (κ3) is 3.81. The predicted octanol–water partition coefficient (Wildman–Crippen LogP) is 3.33. The average molecular weight is 277 g/mol. The maximum Gasteiger partial charge on any atom is 0.243 e. The summed E-state index contributed by atoms with van der Waals surface area (Å²) in [5.74, 6) is 2.20. The third-order valence-corrected chi connectivity index (χ3v) is 3.88. The molecule has 0 amide bonds. The van der Waals surface area contributed by atoms with Gasteiger partial charge in [-0.2, -0.15) is 4.98 Å². The molecule has 0 saturated heterocycles. The van der Waals surface area contributed by atoms with Gasteiger partial charge in [-0.25, -0.2) is 0 Å². The lowest BCUT2D eigenvalue weighted by Gasteiger charge is -2.09. The smallest absolute Gasteiger partial charge is 0.243 e. The summed E-state index contributed by atoms with van der Waals surface area (Å²) < 4.78 is 5.20. The maximum absolute atomic E-state index is 5.97.